The van der Waals surface area contributed by atoms with Gasteiger partial charge in [0.2, 0.25) is 0 Å². The summed E-state index contributed by atoms with van der Waals surface area (Å²) in [6.07, 6.45) is 0.749. The third kappa shape index (κ3) is 7.38. The number of hydrogen-bond donors (Lipinski definition) is 0. The Balaban J connectivity index is 2.17. The Hall–Kier alpha value is -3.85. The number of para-hydroxylation sites is 1. The average Bonchev–Trinajstić information content (AvgIpc) is 2.89. The zero-order valence-corrected chi connectivity index (χ0v) is 24.2. The summed E-state index contributed by atoms with van der Waals surface area (Å²) in [4.78, 5) is 33.0. The summed E-state index contributed by atoms with van der Waals surface area (Å²) >= 11 is 0. The van der Waals surface area contributed by atoms with Gasteiger partial charge in [-0.05, 0) is 58.7 Å². The number of ether oxygens (including phenoxy) is 2. The summed E-state index contributed by atoms with van der Waals surface area (Å²) < 4.78 is 14.5. The van der Waals surface area contributed by atoms with Gasteiger partial charge >= 0.3 is 5.69 Å². The molecular formula is C30H40N4O5. The molecule has 0 fully saturated rings. The molecule has 0 saturated heterocycles. The first-order chi connectivity index (χ1) is 18.5. The normalized spacial score (nSPS) is 12.6. The van der Waals surface area contributed by atoms with E-state index in [1.807, 2.05) is 83.1 Å². The Labute approximate surface area is 230 Å². The van der Waals surface area contributed by atoms with Gasteiger partial charge in [-0.25, -0.2) is 4.79 Å². The highest BCUT2D eigenvalue weighted by Gasteiger charge is 2.23. The van der Waals surface area contributed by atoms with Gasteiger partial charge in [0.25, 0.3) is 5.56 Å². The second-order valence-corrected chi connectivity index (χ2v) is 10.1. The highest BCUT2D eigenvalue weighted by Crippen LogP contribution is 2.29. The van der Waals surface area contributed by atoms with Crippen molar-refractivity contribution in [3.05, 3.63) is 97.8 Å². The van der Waals surface area contributed by atoms with Crippen LogP contribution in [0.15, 0.2) is 69.5 Å². The van der Waals surface area contributed by atoms with Crippen molar-refractivity contribution in [3.8, 4) is 5.75 Å². The van der Waals surface area contributed by atoms with Crippen LogP contribution in [-0.4, -0.2) is 41.3 Å². The van der Waals surface area contributed by atoms with Crippen LogP contribution in [0, 0.1) is 6.92 Å². The third-order valence-electron chi connectivity index (χ3n) is 6.21. The van der Waals surface area contributed by atoms with Gasteiger partial charge in [-0.15, -0.1) is 0 Å². The van der Waals surface area contributed by atoms with E-state index in [1.165, 1.54) is 10.8 Å². The van der Waals surface area contributed by atoms with Crippen LogP contribution in [0.4, 0.5) is 0 Å². The predicted octanol–water partition coefficient (Wildman–Crippen LogP) is 4.41. The third-order valence-corrected chi connectivity index (χ3v) is 6.21. The Kier molecular flexibility index (Phi) is 10.1. The molecule has 210 valence electrons. The van der Waals surface area contributed by atoms with E-state index in [2.05, 4.69) is 5.16 Å². The second kappa shape index (κ2) is 13.3. The molecule has 0 spiro atoms. The summed E-state index contributed by atoms with van der Waals surface area (Å²) in [5.74, 6) is 0.657. The van der Waals surface area contributed by atoms with Crippen molar-refractivity contribution in [1.82, 2.24) is 9.24 Å². The summed E-state index contributed by atoms with van der Waals surface area (Å²) in [6.45, 7) is 11.8. The standard InChI is InChI=1S/C30H40N4O5/c1-20(2)38-28(25-15-11-12-16-27(25)37-8)19-33-18-26(23(6)31-39-21(3)4)29(35)34(30(33)36)32(7)17-24-14-10-9-13-22(24)5/h9-16,18,20-21,28H,17,19H2,1-8H3/b31-23+. The molecule has 1 aromatic heterocycles. The summed E-state index contributed by atoms with van der Waals surface area (Å²) in [5.41, 5.74) is 2.56. The molecule has 9 heteroatoms. The molecule has 0 saturated carbocycles. The molecule has 0 radical (unpaired) electrons. The van der Waals surface area contributed by atoms with Crippen LogP contribution in [0.3, 0.4) is 0 Å². The maximum absolute atomic E-state index is 13.9. The minimum absolute atomic E-state index is 0.118. The fourth-order valence-corrected chi connectivity index (χ4v) is 4.26. The Bertz CT molecular complexity index is 1410. The van der Waals surface area contributed by atoms with E-state index >= 15 is 0 Å². The molecule has 0 aliphatic carbocycles. The largest absolute Gasteiger partial charge is 0.496 e. The van der Waals surface area contributed by atoms with E-state index in [4.69, 9.17) is 14.3 Å². The van der Waals surface area contributed by atoms with Crippen molar-refractivity contribution >= 4 is 5.71 Å². The predicted molar refractivity (Wildman–Crippen MR) is 154 cm³/mol. The van der Waals surface area contributed by atoms with Crippen LogP contribution in [-0.2, 0) is 22.7 Å². The van der Waals surface area contributed by atoms with Crippen molar-refractivity contribution in [2.24, 2.45) is 5.16 Å². The number of aromatic nitrogens is 2. The number of aryl methyl sites for hydroxylation is 1. The van der Waals surface area contributed by atoms with Gasteiger partial charge in [0.1, 0.15) is 18.0 Å². The first-order valence-corrected chi connectivity index (χ1v) is 13.1. The smallest absolute Gasteiger partial charge is 0.350 e. The van der Waals surface area contributed by atoms with Crippen LogP contribution < -0.4 is 21.0 Å². The van der Waals surface area contributed by atoms with Gasteiger partial charge in [0.15, 0.2) is 0 Å². The lowest BCUT2D eigenvalue weighted by atomic mass is 10.1. The molecule has 3 rings (SSSR count). The minimum Gasteiger partial charge on any atom is -0.496 e. The summed E-state index contributed by atoms with van der Waals surface area (Å²) in [6, 6.07) is 15.4. The number of oxime groups is 1. The molecule has 2 aromatic carbocycles. The van der Waals surface area contributed by atoms with Crippen LogP contribution in [0.2, 0.25) is 0 Å². The van der Waals surface area contributed by atoms with Crippen molar-refractivity contribution in [3.63, 3.8) is 0 Å². The molecule has 0 bridgehead atoms. The van der Waals surface area contributed by atoms with Crippen LogP contribution >= 0.6 is 0 Å². The molecule has 1 atom stereocenters. The van der Waals surface area contributed by atoms with Crippen LogP contribution in [0.5, 0.6) is 5.75 Å². The van der Waals surface area contributed by atoms with Crippen LogP contribution in [0.1, 0.15) is 63.0 Å². The lowest BCUT2D eigenvalue weighted by Crippen LogP contribution is -2.52. The van der Waals surface area contributed by atoms with Gasteiger partial charge in [-0.1, -0.05) is 47.6 Å². The van der Waals surface area contributed by atoms with Gasteiger partial charge in [-0.2, -0.15) is 4.68 Å². The molecule has 1 unspecified atom stereocenters. The molecule has 3 aromatic rings. The highest BCUT2D eigenvalue weighted by molar-refractivity contribution is 5.97. The Morgan fingerprint density at radius 3 is 2.31 bits per heavy atom. The molecule has 0 N–H and O–H groups in total. The molecular weight excluding hydrogens is 496 g/mol. The average molecular weight is 537 g/mol. The van der Waals surface area contributed by atoms with Crippen molar-refractivity contribution in [2.75, 3.05) is 19.2 Å². The monoisotopic (exact) mass is 536 g/mol. The highest BCUT2D eigenvalue weighted by atomic mass is 16.6. The van der Waals surface area contributed by atoms with Crippen LogP contribution in [0.25, 0.3) is 0 Å². The van der Waals surface area contributed by atoms with Gasteiger partial charge < -0.3 is 19.3 Å². The number of nitrogens with zero attached hydrogens (tertiary/aromatic N) is 4. The quantitative estimate of drug-likeness (QED) is 0.252. The number of methoxy groups -OCH3 is 1. The first kappa shape index (κ1) is 29.7. The molecule has 39 heavy (non-hydrogen) atoms. The number of benzene rings is 2. The Morgan fingerprint density at radius 1 is 1.00 bits per heavy atom. The van der Waals surface area contributed by atoms with Crippen molar-refractivity contribution in [2.45, 2.75) is 72.9 Å². The van der Waals surface area contributed by atoms with Crippen molar-refractivity contribution in [1.29, 1.82) is 0 Å². The minimum atomic E-state index is -0.511. The SMILES string of the molecule is COc1ccccc1C(Cn1cc(/C(C)=N/OC(C)C)c(=O)n(N(C)Cc2ccccc2C)c1=O)OC(C)C. The second-order valence-electron chi connectivity index (χ2n) is 10.1. The molecule has 9 nitrogen and oxygen atoms in total. The zero-order valence-electron chi connectivity index (χ0n) is 24.2. The van der Waals surface area contributed by atoms with E-state index in [0.717, 1.165) is 21.4 Å². The lowest BCUT2D eigenvalue weighted by molar-refractivity contribution is -0.00536. The lowest BCUT2D eigenvalue weighted by Gasteiger charge is -2.26. The van der Waals surface area contributed by atoms with E-state index in [1.54, 1.807) is 26.1 Å². The number of hydrogen-bond acceptors (Lipinski definition) is 7. The fraction of sp³-hybridized carbons (Fsp3) is 0.433. The fourth-order valence-electron chi connectivity index (χ4n) is 4.26. The zero-order chi connectivity index (χ0) is 28.7. The van der Waals surface area contributed by atoms with Gasteiger partial charge in [0.05, 0.1) is 37.6 Å². The summed E-state index contributed by atoms with van der Waals surface area (Å²) in [5, 5.41) is 5.79. The first-order valence-electron chi connectivity index (χ1n) is 13.1. The summed E-state index contributed by atoms with van der Waals surface area (Å²) in [7, 11) is 3.33. The maximum Gasteiger partial charge on any atom is 0.350 e. The van der Waals surface area contributed by atoms with Crippen molar-refractivity contribution < 1.29 is 14.3 Å². The Morgan fingerprint density at radius 2 is 1.67 bits per heavy atom. The molecule has 1 heterocycles. The van der Waals surface area contributed by atoms with Gasteiger partial charge in [-0.3, -0.25) is 9.36 Å². The van der Waals surface area contributed by atoms with E-state index in [9.17, 15) is 9.59 Å². The van der Waals surface area contributed by atoms with E-state index < -0.39 is 17.4 Å². The molecule has 0 aliphatic rings. The maximum atomic E-state index is 13.9. The number of rotatable bonds is 12. The topological polar surface area (TPSA) is 87.3 Å². The molecule has 0 amide bonds. The van der Waals surface area contributed by atoms with Gasteiger partial charge in [0, 0.05) is 18.8 Å². The molecule has 0 aliphatic heterocycles. The van der Waals surface area contributed by atoms with E-state index in [0.29, 0.717) is 18.0 Å². The van der Waals surface area contributed by atoms with E-state index in [-0.39, 0.29) is 24.3 Å².